The molecule has 0 amide bonds. The van der Waals surface area contributed by atoms with Gasteiger partial charge < -0.3 is 0 Å². The van der Waals surface area contributed by atoms with Gasteiger partial charge in [0, 0.05) is 10.7 Å². The van der Waals surface area contributed by atoms with Gasteiger partial charge in [-0.2, -0.15) is 0 Å². The molecule has 1 aromatic rings. The van der Waals surface area contributed by atoms with Crippen LogP contribution < -0.4 is 0 Å². The Balaban J connectivity index is 1.89. The number of benzene rings is 1. The summed E-state index contributed by atoms with van der Waals surface area (Å²) in [5, 5.41) is 8.47. The van der Waals surface area contributed by atoms with E-state index >= 15 is 0 Å². The average molecular weight is 230 g/mol. The molecule has 1 unspecified atom stereocenters. The molecule has 0 radical (unpaired) electrons. The molecule has 1 aromatic carbocycles. The van der Waals surface area contributed by atoms with Crippen LogP contribution in [-0.2, 0) is 0 Å². The summed E-state index contributed by atoms with van der Waals surface area (Å²) in [6.45, 7) is 5.48. The zero-order valence-electron chi connectivity index (χ0n) is 10.6. The van der Waals surface area contributed by atoms with Gasteiger partial charge in [-0.1, -0.05) is 44.2 Å². The van der Waals surface area contributed by atoms with Crippen LogP contribution in [0.1, 0.15) is 38.3 Å². The highest BCUT2D eigenvalue weighted by Gasteiger charge is 2.22. The maximum absolute atomic E-state index is 4.28. The topological polar surface area (TPSA) is 27.7 Å². The van der Waals surface area contributed by atoms with Crippen molar-refractivity contribution in [1.29, 1.82) is 0 Å². The maximum Gasteiger partial charge on any atom is 0.247 e. The van der Waals surface area contributed by atoms with Crippen molar-refractivity contribution in [3.63, 3.8) is 0 Å². The summed E-state index contributed by atoms with van der Waals surface area (Å²) in [5.41, 5.74) is 1.21. The van der Waals surface area contributed by atoms with Crippen LogP contribution in [0.2, 0.25) is 0 Å². The van der Waals surface area contributed by atoms with Gasteiger partial charge in [-0.3, -0.25) is 0 Å². The summed E-state index contributed by atoms with van der Waals surface area (Å²) >= 11 is 0. The molecule has 0 spiro atoms. The van der Waals surface area contributed by atoms with Crippen molar-refractivity contribution >= 4 is 6.21 Å². The first-order valence-corrected chi connectivity index (χ1v) is 6.33. The Morgan fingerprint density at radius 3 is 2.71 bits per heavy atom. The molecular formula is C14H20N3+. The van der Waals surface area contributed by atoms with Crippen molar-refractivity contribution in [2.75, 3.05) is 6.54 Å². The standard InChI is InChI=1S/C14H20N3/c1-12(2)7-6-10-17-11-14(15-16-17)13-8-4-3-5-9-13/h3-5,8-9,11-12,14H,6-7,10H2,1-2H3/q+1. The lowest BCUT2D eigenvalue weighted by Crippen LogP contribution is -2.07. The van der Waals surface area contributed by atoms with Crippen LogP contribution >= 0.6 is 0 Å². The van der Waals surface area contributed by atoms with Gasteiger partial charge in [-0.15, -0.1) is 4.68 Å². The summed E-state index contributed by atoms with van der Waals surface area (Å²) in [4.78, 5) is 0. The van der Waals surface area contributed by atoms with E-state index in [0.717, 1.165) is 12.5 Å². The Morgan fingerprint density at radius 1 is 1.24 bits per heavy atom. The third-order valence-electron chi connectivity index (χ3n) is 2.91. The van der Waals surface area contributed by atoms with Gasteiger partial charge in [0.1, 0.15) is 18.0 Å². The molecule has 0 fully saturated rings. The molecule has 1 heterocycles. The highest BCUT2D eigenvalue weighted by atomic mass is 15.5. The van der Waals surface area contributed by atoms with Crippen LogP contribution in [0.25, 0.3) is 0 Å². The minimum Gasteiger partial charge on any atom is -0.137 e. The van der Waals surface area contributed by atoms with Gasteiger partial charge in [-0.05, 0) is 18.8 Å². The lowest BCUT2D eigenvalue weighted by atomic mass is 10.1. The fourth-order valence-electron chi connectivity index (χ4n) is 1.93. The predicted octanol–water partition coefficient (Wildman–Crippen LogP) is 3.63. The van der Waals surface area contributed by atoms with Crippen molar-refractivity contribution in [3.05, 3.63) is 35.9 Å². The predicted molar refractivity (Wildman–Crippen MR) is 69.3 cm³/mol. The van der Waals surface area contributed by atoms with Gasteiger partial charge >= 0.3 is 0 Å². The summed E-state index contributed by atoms with van der Waals surface area (Å²) in [7, 11) is 0. The van der Waals surface area contributed by atoms with Gasteiger partial charge in [0.05, 0.1) is 0 Å². The lowest BCUT2D eigenvalue weighted by Gasteiger charge is -2.01. The zero-order valence-corrected chi connectivity index (χ0v) is 10.6. The molecule has 0 bridgehead atoms. The Morgan fingerprint density at radius 2 is 2.00 bits per heavy atom. The fraction of sp³-hybridized carbons (Fsp3) is 0.500. The van der Waals surface area contributed by atoms with Crippen molar-refractivity contribution in [2.24, 2.45) is 16.3 Å². The van der Waals surface area contributed by atoms with Crippen LogP contribution in [0.5, 0.6) is 0 Å². The van der Waals surface area contributed by atoms with Crippen molar-refractivity contribution in [1.82, 2.24) is 0 Å². The van der Waals surface area contributed by atoms with E-state index in [1.54, 1.807) is 0 Å². The second-order valence-electron chi connectivity index (χ2n) is 4.91. The van der Waals surface area contributed by atoms with E-state index in [1.165, 1.54) is 18.4 Å². The minimum absolute atomic E-state index is 0.107. The molecule has 0 saturated carbocycles. The Hall–Kier alpha value is -1.51. The Kier molecular flexibility index (Phi) is 4.02. The first-order valence-electron chi connectivity index (χ1n) is 6.33. The second kappa shape index (κ2) is 5.71. The third kappa shape index (κ3) is 3.48. The van der Waals surface area contributed by atoms with E-state index in [2.05, 4.69) is 42.5 Å². The smallest absolute Gasteiger partial charge is 0.137 e. The van der Waals surface area contributed by atoms with Crippen molar-refractivity contribution in [2.45, 2.75) is 32.7 Å². The van der Waals surface area contributed by atoms with Crippen LogP contribution in [0.4, 0.5) is 0 Å². The Labute approximate surface area is 103 Å². The molecule has 0 saturated heterocycles. The Bertz CT molecular complexity index is 407. The monoisotopic (exact) mass is 230 g/mol. The van der Waals surface area contributed by atoms with Crippen molar-refractivity contribution in [3.8, 4) is 0 Å². The lowest BCUT2D eigenvalue weighted by molar-refractivity contribution is -0.532. The molecule has 3 nitrogen and oxygen atoms in total. The van der Waals surface area contributed by atoms with E-state index in [0.29, 0.717) is 0 Å². The fourth-order valence-corrected chi connectivity index (χ4v) is 1.93. The molecule has 1 aliphatic heterocycles. The highest BCUT2D eigenvalue weighted by Crippen LogP contribution is 2.19. The number of rotatable bonds is 5. The SMILES string of the molecule is CC(C)CCC[N+]1=CC(c2ccccc2)N=N1. The van der Waals surface area contributed by atoms with E-state index in [1.807, 2.05) is 22.9 Å². The first-order chi connectivity index (χ1) is 8.25. The summed E-state index contributed by atoms with van der Waals surface area (Å²) < 4.78 is 1.97. The maximum atomic E-state index is 4.28. The second-order valence-corrected chi connectivity index (χ2v) is 4.91. The molecule has 1 aliphatic rings. The summed E-state index contributed by atoms with van der Waals surface area (Å²) in [5.74, 6) is 0.763. The van der Waals surface area contributed by atoms with Crippen LogP contribution in [0.3, 0.4) is 0 Å². The van der Waals surface area contributed by atoms with E-state index in [4.69, 9.17) is 0 Å². The van der Waals surface area contributed by atoms with Crippen LogP contribution in [0.15, 0.2) is 40.7 Å². The molecule has 0 aromatic heterocycles. The third-order valence-corrected chi connectivity index (χ3v) is 2.91. The molecule has 0 aliphatic carbocycles. The quantitative estimate of drug-likeness (QED) is 0.691. The summed E-state index contributed by atoms with van der Waals surface area (Å²) in [6, 6.07) is 10.4. The van der Waals surface area contributed by atoms with Gasteiger partial charge in [-0.25, -0.2) is 0 Å². The van der Waals surface area contributed by atoms with Gasteiger partial charge in [0.25, 0.3) is 0 Å². The van der Waals surface area contributed by atoms with Gasteiger partial charge in [0.15, 0.2) is 0 Å². The molecule has 0 N–H and O–H groups in total. The molecule has 3 heteroatoms. The highest BCUT2D eigenvalue weighted by molar-refractivity contribution is 5.63. The zero-order chi connectivity index (χ0) is 12.1. The molecule has 2 rings (SSSR count). The number of nitrogens with zero attached hydrogens (tertiary/aromatic N) is 3. The normalized spacial score (nSPS) is 18.8. The molecule has 1 atom stereocenters. The minimum atomic E-state index is 0.107. The molecular weight excluding hydrogens is 210 g/mol. The van der Waals surface area contributed by atoms with Crippen LogP contribution in [0, 0.1) is 5.92 Å². The first kappa shape index (κ1) is 12.0. The van der Waals surface area contributed by atoms with E-state index in [-0.39, 0.29) is 6.04 Å². The number of hydrogen-bond acceptors (Lipinski definition) is 2. The van der Waals surface area contributed by atoms with Crippen LogP contribution in [-0.4, -0.2) is 17.4 Å². The van der Waals surface area contributed by atoms with Crippen molar-refractivity contribution < 1.29 is 4.68 Å². The largest absolute Gasteiger partial charge is 0.247 e. The summed E-state index contributed by atoms with van der Waals surface area (Å²) in [6.07, 6.45) is 4.53. The van der Waals surface area contributed by atoms with Gasteiger partial charge in [0.2, 0.25) is 6.04 Å². The molecule has 90 valence electrons. The van der Waals surface area contributed by atoms with E-state index in [9.17, 15) is 0 Å². The van der Waals surface area contributed by atoms with E-state index < -0.39 is 0 Å². The molecule has 17 heavy (non-hydrogen) atoms. The number of hydrogen-bond donors (Lipinski definition) is 0. The average Bonchev–Trinajstić information content (AvgIpc) is 2.78.